The Balaban J connectivity index is 2.00. The lowest BCUT2D eigenvalue weighted by Crippen LogP contribution is -2.58. The number of piperazine rings is 1. The summed E-state index contributed by atoms with van der Waals surface area (Å²) in [5.74, 6) is 0. The normalized spacial score (nSPS) is 22.9. The zero-order chi connectivity index (χ0) is 14.4. The summed E-state index contributed by atoms with van der Waals surface area (Å²) in [5.41, 5.74) is 1.68. The summed E-state index contributed by atoms with van der Waals surface area (Å²) in [5, 5.41) is 3.70. The molecule has 1 saturated heterocycles. The molecule has 0 aromatic heterocycles. The maximum atomic E-state index is 3.70. The van der Waals surface area contributed by atoms with Gasteiger partial charge in [0.25, 0.3) is 0 Å². The first-order chi connectivity index (χ1) is 9.62. The van der Waals surface area contributed by atoms with Crippen molar-refractivity contribution in [2.75, 3.05) is 19.6 Å². The van der Waals surface area contributed by atoms with E-state index in [1.807, 2.05) is 0 Å². The van der Waals surface area contributed by atoms with Crippen LogP contribution >= 0.6 is 0 Å². The van der Waals surface area contributed by atoms with Crippen molar-refractivity contribution in [2.45, 2.75) is 58.0 Å². The molecule has 1 heterocycles. The summed E-state index contributed by atoms with van der Waals surface area (Å²) >= 11 is 0. The van der Waals surface area contributed by atoms with Gasteiger partial charge < -0.3 is 5.32 Å². The molecule has 2 heteroatoms. The zero-order valence-corrected chi connectivity index (χ0v) is 13.4. The van der Waals surface area contributed by atoms with Gasteiger partial charge in [-0.15, -0.1) is 0 Å². The van der Waals surface area contributed by atoms with Gasteiger partial charge in [0.1, 0.15) is 0 Å². The monoisotopic (exact) mass is 274 g/mol. The molecule has 0 saturated carbocycles. The van der Waals surface area contributed by atoms with E-state index in [0.717, 1.165) is 13.1 Å². The standard InChI is InChI=1S/C18H30N2/c1-4-5-6-10-13-20-15-18(2,3)19-14-17(20)16-11-8-7-9-12-16/h7-9,11-12,17,19H,4-6,10,13-15H2,1-3H3. The number of nitrogens with one attached hydrogen (secondary N) is 1. The minimum Gasteiger partial charge on any atom is -0.309 e. The second-order valence-corrected chi connectivity index (χ2v) is 6.72. The lowest BCUT2D eigenvalue weighted by Gasteiger charge is -2.45. The van der Waals surface area contributed by atoms with Crippen LogP contribution in [-0.2, 0) is 0 Å². The molecular weight excluding hydrogens is 244 g/mol. The maximum absolute atomic E-state index is 3.70. The molecule has 0 amide bonds. The van der Waals surface area contributed by atoms with Crippen molar-refractivity contribution >= 4 is 0 Å². The third kappa shape index (κ3) is 4.32. The van der Waals surface area contributed by atoms with Gasteiger partial charge in [-0.1, -0.05) is 56.5 Å². The summed E-state index contributed by atoms with van der Waals surface area (Å²) in [6, 6.07) is 11.5. The van der Waals surface area contributed by atoms with Crippen LogP contribution in [0.1, 0.15) is 58.1 Å². The lowest BCUT2D eigenvalue weighted by atomic mass is 9.94. The smallest absolute Gasteiger partial charge is 0.0473 e. The molecule has 1 aliphatic heterocycles. The van der Waals surface area contributed by atoms with E-state index in [-0.39, 0.29) is 5.54 Å². The van der Waals surface area contributed by atoms with Gasteiger partial charge in [-0.2, -0.15) is 0 Å². The van der Waals surface area contributed by atoms with E-state index in [1.165, 1.54) is 37.8 Å². The Hall–Kier alpha value is -0.860. The Morgan fingerprint density at radius 1 is 1.15 bits per heavy atom. The topological polar surface area (TPSA) is 15.3 Å². The predicted molar refractivity (Wildman–Crippen MR) is 87.0 cm³/mol. The Bertz CT molecular complexity index is 386. The molecule has 20 heavy (non-hydrogen) atoms. The quantitative estimate of drug-likeness (QED) is 0.789. The first-order valence-corrected chi connectivity index (χ1v) is 8.16. The van der Waals surface area contributed by atoms with Gasteiger partial charge in [0.05, 0.1) is 0 Å². The van der Waals surface area contributed by atoms with E-state index in [9.17, 15) is 0 Å². The molecule has 112 valence electrons. The first-order valence-electron chi connectivity index (χ1n) is 8.16. The van der Waals surface area contributed by atoms with Gasteiger partial charge >= 0.3 is 0 Å². The van der Waals surface area contributed by atoms with Crippen molar-refractivity contribution in [1.29, 1.82) is 0 Å². The van der Waals surface area contributed by atoms with E-state index in [1.54, 1.807) is 0 Å². The van der Waals surface area contributed by atoms with Crippen molar-refractivity contribution in [1.82, 2.24) is 10.2 Å². The fourth-order valence-corrected chi connectivity index (χ4v) is 3.16. The van der Waals surface area contributed by atoms with E-state index in [0.29, 0.717) is 6.04 Å². The fraction of sp³-hybridized carbons (Fsp3) is 0.667. The molecule has 1 N–H and O–H groups in total. The molecular formula is C18H30N2. The van der Waals surface area contributed by atoms with Crippen molar-refractivity contribution in [3.63, 3.8) is 0 Å². The highest BCUT2D eigenvalue weighted by atomic mass is 15.2. The van der Waals surface area contributed by atoms with Crippen molar-refractivity contribution in [3.05, 3.63) is 35.9 Å². The van der Waals surface area contributed by atoms with Crippen LogP contribution in [0, 0.1) is 0 Å². The first kappa shape index (κ1) is 15.5. The van der Waals surface area contributed by atoms with Crippen LogP contribution in [-0.4, -0.2) is 30.1 Å². The van der Waals surface area contributed by atoms with Crippen LogP contribution in [0.5, 0.6) is 0 Å². The van der Waals surface area contributed by atoms with Crippen LogP contribution in [0.3, 0.4) is 0 Å². The van der Waals surface area contributed by atoms with Gasteiger partial charge in [-0.3, -0.25) is 4.90 Å². The number of hydrogen-bond donors (Lipinski definition) is 1. The molecule has 1 unspecified atom stereocenters. The Kier molecular flexibility index (Phi) is 5.62. The summed E-state index contributed by atoms with van der Waals surface area (Å²) in [4.78, 5) is 2.68. The maximum Gasteiger partial charge on any atom is 0.0473 e. The molecule has 1 aliphatic rings. The number of rotatable bonds is 6. The number of nitrogens with zero attached hydrogens (tertiary/aromatic N) is 1. The third-order valence-corrected chi connectivity index (χ3v) is 4.30. The van der Waals surface area contributed by atoms with Crippen molar-refractivity contribution in [3.8, 4) is 0 Å². The van der Waals surface area contributed by atoms with Gasteiger partial charge in [0.2, 0.25) is 0 Å². The second kappa shape index (κ2) is 7.24. The van der Waals surface area contributed by atoms with Crippen LogP contribution in [0.4, 0.5) is 0 Å². The fourth-order valence-electron chi connectivity index (χ4n) is 3.16. The van der Waals surface area contributed by atoms with Gasteiger partial charge in [0, 0.05) is 24.7 Å². The summed E-state index contributed by atoms with van der Waals surface area (Å²) in [6.45, 7) is 10.3. The van der Waals surface area contributed by atoms with Crippen LogP contribution in [0.25, 0.3) is 0 Å². The van der Waals surface area contributed by atoms with Crippen molar-refractivity contribution < 1.29 is 0 Å². The average molecular weight is 274 g/mol. The summed E-state index contributed by atoms with van der Waals surface area (Å²) in [7, 11) is 0. The van der Waals surface area contributed by atoms with Crippen LogP contribution in [0.15, 0.2) is 30.3 Å². The van der Waals surface area contributed by atoms with E-state index in [4.69, 9.17) is 0 Å². The van der Waals surface area contributed by atoms with E-state index >= 15 is 0 Å². The van der Waals surface area contributed by atoms with Crippen molar-refractivity contribution in [2.24, 2.45) is 0 Å². The minimum absolute atomic E-state index is 0.232. The molecule has 0 spiro atoms. The molecule has 2 nitrogen and oxygen atoms in total. The SMILES string of the molecule is CCCCCCN1CC(C)(C)NCC1c1ccccc1. The number of benzene rings is 1. The van der Waals surface area contributed by atoms with Gasteiger partial charge in [-0.05, 0) is 32.4 Å². The summed E-state index contributed by atoms with van der Waals surface area (Å²) in [6.07, 6.45) is 5.37. The minimum atomic E-state index is 0.232. The highest BCUT2D eigenvalue weighted by Crippen LogP contribution is 2.27. The second-order valence-electron chi connectivity index (χ2n) is 6.72. The van der Waals surface area contributed by atoms with Gasteiger partial charge in [0.15, 0.2) is 0 Å². The Morgan fingerprint density at radius 2 is 1.90 bits per heavy atom. The van der Waals surface area contributed by atoms with E-state index in [2.05, 4.69) is 61.3 Å². The highest BCUT2D eigenvalue weighted by Gasteiger charge is 2.32. The Morgan fingerprint density at radius 3 is 2.60 bits per heavy atom. The molecule has 2 rings (SSSR count). The molecule has 1 aromatic rings. The largest absolute Gasteiger partial charge is 0.309 e. The molecule has 0 aliphatic carbocycles. The summed E-state index contributed by atoms with van der Waals surface area (Å²) < 4.78 is 0. The molecule has 0 radical (unpaired) electrons. The molecule has 1 aromatic carbocycles. The molecule has 1 atom stereocenters. The van der Waals surface area contributed by atoms with Gasteiger partial charge in [-0.25, -0.2) is 0 Å². The molecule has 0 bridgehead atoms. The third-order valence-electron chi connectivity index (χ3n) is 4.30. The zero-order valence-electron chi connectivity index (χ0n) is 13.4. The highest BCUT2D eigenvalue weighted by molar-refractivity contribution is 5.20. The van der Waals surface area contributed by atoms with Crippen LogP contribution < -0.4 is 5.32 Å². The number of hydrogen-bond acceptors (Lipinski definition) is 2. The average Bonchev–Trinajstić information content (AvgIpc) is 2.44. The molecule has 1 fully saturated rings. The lowest BCUT2D eigenvalue weighted by molar-refractivity contribution is 0.0931. The van der Waals surface area contributed by atoms with E-state index < -0.39 is 0 Å². The predicted octanol–water partition coefficient (Wildman–Crippen LogP) is 3.99. The van der Waals surface area contributed by atoms with Crippen LogP contribution in [0.2, 0.25) is 0 Å². The Labute approximate surface area is 124 Å². The number of unbranched alkanes of at least 4 members (excludes halogenated alkanes) is 3.